The first kappa shape index (κ1) is 46.5. The average molecular weight is 945 g/mol. The molecule has 20 heteroatoms. The predicted molar refractivity (Wildman–Crippen MR) is 235 cm³/mol. The molecule has 2 saturated heterocycles. The Bertz CT molecular complexity index is 2260. The second-order valence-corrected chi connectivity index (χ2v) is 19.3. The van der Waals surface area contributed by atoms with Gasteiger partial charge in [0.25, 0.3) is 11.8 Å². The van der Waals surface area contributed by atoms with Crippen molar-refractivity contribution in [3.8, 4) is 0 Å². The van der Waals surface area contributed by atoms with Gasteiger partial charge in [0.1, 0.15) is 11.4 Å². The molecule has 0 radical (unpaired) electrons. The minimum absolute atomic E-state index is 0.0722. The van der Waals surface area contributed by atoms with Crippen LogP contribution in [0, 0.1) is 24.7 Å². The molecule has 62 heavy (non-hydrogen) atoms. The van der Waals surface area contributed by atoms with Crippen molar-refractivity contribution < 1.29 is 27.2 Å². The standard InChI is InChI=1S/2C21H25Cl2F2N5O/c2*1-11-15(12-3-2-4-13(22)16(12)23)17(18(27)31)29-19(28-11)30-7-5-20(6-8-30)10-21(24,25)9-14(20)26/h4,14H,2-3,5-10,26H2,1H3,(H2,27,31);2-4,13-14,16H,5-10,26H2,1H3,(H2,27,31)/t14-;13-,14+,16+/m10/s1. The van der Waals surface area contributed by atoms with E-state index in [9.17, 15) is 27.2 Å². The maximum absolute atomic E-state index is 13.9. The molecule has 2 aromatic rings. The number of carbonyl (C=O) groups excluding carboxylic acids is 2. The Morgan fingerprint density at radius 1 is 0.742 bits per heavy atom. The van der Waals surface area contributed by atoms with Crippen molar-refractivity contribution in [1.29, 1.82) is 0 Å². The van der Waals surface area contributed by atoms with Crippen LogP contribution in [0.4, 0.5) is 29.5 Å². The van der Waals surface area contributed by atoms with Crippen LogP contribution in [-0.4, -0.2) is 92.6 Å². The molecule has 4 heterocycles. The van der Waals surface area contributed by atoms with Crippen LogP contribution in [0.25, 0.3) is 11.1 Å². The number of nitrogens with zero attached hydrogens (tertiary/aromatic N) is 6. The summed E-state index contributed by atoms with van der Waals surface area (Å²) in [6.07, 6.45) is 9.61. The van der Waals surface area contributed by atoms with Gasteiger partial charge in [0.2, 0.25) is 23.7 Å². The first-order chi connectivity index (χ1) is 29.1. The Labute approximate surface area is 377 Å². The van der Waals surface area contributed by atoms with Crippen LogP contribution >= 0.6 is 46.4 Å². The summed E-state index contributed by atoms with van der Waals surface area (Å²) >= 11 is 25.3. The smallest absolute Gasteiger partial charge is 0.268 e. The Hall–Kier alpha value is -3.54. The average Bonchev–Trinajstić information content (AvgIpc) is 3.56. The zero-order valence-corrected chi connectivity index (χ0v) is 37.4. The number of piperidine rings is 2. The maximum atomic E-state index is 13.9. The zero-order valence-electron chi connectivity index (χ0n) is 34.4. The quantitative estimate of drug-likeness (QED) is 0.166. The Kier molecular flexibility index (Phi) is 13.1. The van der Waals surface area contributed by atoms with Crippen molar-refractivity contribution in [3.63, 3.8) is 0 Å². The summed E-state index contributed by atoms with van der Waals surface area (Å²) in [5.74, 6) is -6.09. The van der Waals surface area contributed by atoms with E-state index in [-0.39, 0.29) is 37.1 Å². The number of amides is 2. The summed E-state index contributed by atoms with van der Waals surface area (Å²) in [6, 6.07) is -1.04. The molecule has 8 N–H and O–H groups in total. The van der Waals surface area contributed by atoms with Crippen LogP contribution in [0.1, 0.15) is 108 Å². The van der Waals surface area contributed by atoms with E-state index in [4.69, 9.17) is 69.3 Å². The fourth-order valence-corrected chi connectivity index (χ4v) is 11.1. The van der Waals surface area contributed by atoms with Gasteiger partial charge < -0.3 is 32.7 Å². The largest absolute Gasteiger partial charge is 0.364 e. The number of rotatable bonds is 6. The third-order valence-corrected chi connectivity index (χ3v) is 15.4. The molecule has 2 saturated carbocycles. The predicted octanol–water partition coefficient (Wildman–Crippen LogP) is 7.49. The topological polar surface area (TPSA) is 196 Å². The summed E-state index contributed by atoms with van der Waals surface area (Å²) in [5.41, 5.74) is 26.0. The van der Waals surface area contributed by atoms with Gasteiger partial charge in [0, 0.05) is 75.1 Å². The van der Waals surface area contributed by atoms with Crippen LogP contribution in [0.15, 0.2) is 34.4 Å². The van der Waals surface area contributed by atoms with E-state index in [1.165, 1.54) is 0 Å². The van der Waals surface area contributed by atoms with Crippen molar-refractivity contribution in [3.05, 3.63) is 68.3 Å². The van der Waals surface area contributed by atoms with E-state index >= 15 is 0 Å². The highest BCUT2D eigenvalue weighted by molar-refractivity contribution is 6.46. The first-order valence-electron chi connectivity index (χ1n) is 20.6. The molecule has 4 fully saturated rings. The molecule has 2 amide bonds. The number of hydrogen-bond acceptors (Lipinski definition) is 10. The van der Waals surface area contributed by atoms with Crippen molar-refractivity contribution >= 4 is 81.3 Å². The van der Waals surface area contributed by atoms with Gasteiger partial charge in [0.05, 0.1) is 32.2 Å². The second kappa shape index (κ2) is 17.4. The molecule has 2 aromatic heterocycles. The lowest BCUT2D eigenvalue weighted by atomic mass is 9.74. The van der Waals surface area contributed by atoms with Gasteiger partial charge >= 0.3 is 0 Å². The fourth-order valence-electron chi connectivity index (χ4n) is 10.1. The molecule has 8 rings (SSSR count). The first-order valence-corrected chi connectivity index (χ1v) is 22.2. The van der Waals surface area contributed by atoms with Gasteiger partial charge in [-0.05, 0) is 74.3 Å². The van der Waals surface area contributed by atoms with E-state index in [0.717, 1.165) is 0 Å². The summed E-state index contributed by atoms with van der Waals surface area (Å²) < 4.78 is 55.7. The van der Waals surface area contributed by atoms with Gasteiger partial charge in [-0.3, -0.25) is 9.59 Å². The fraction of sp³-hybridized carbons (Fsp3) is 0.571. The number of nitrogens with two attached hydrogens (primary N) is 4. The molecule has 2 aliphatic heterocycles. The molecule has 0 aromatic carbocycles. The number of anilines is 2. The van der Waals surface area contributed by atoms with Gasteiger partial charge in [0.15, 0.2) is 0 Å². The molecule has 4 aliphatic carbocycles. The molecular weight excluding hydrogens is 894 g/mol. The van der Waals surface area contributed by atoms with Crippen LogP contribution in [0.5, 0.6) is 0 Å². The normalized spacial score (nSPS) is 27.2. The number of aryl methyl sites for hydroxylation is 2. The number of aromatic nitrogens is 4. The summed E-state index contributed by atoms with van der Waals surface area (Å²) in [6.45, 7) is 5.47. The van der Waals surface area contributed by atoms with Crippen molar-refractivity contribution in [1.82, 2.24) is 19.9 Å². The molecule has 12 nitrogen and oxygen atoms in total. The molecule has 0 unspecified atom stereocenters. The number of allylic oxidation sites excluding steroid dienone is 8. The monoisotopic (exact) mass is 942 g/mol. The van der Waals surface area contributed by atoms with Crippen LogP contribution in [-0.2, 0) is 0 Å². The van der Waals surface area contributed by atoms with E-state index in [2.05, 4.69) is 19.9 Å². The van der Waals surface area contributed by atoms with Crippen molar-refractivity contribution in [2.45, 2.75) is 113 Å². The lowest BCUT2D eigenvalue weighted by Gasteiger charge is -2.41. The molecule has 336 valence electrons. The molecule has 6 aliphatic rings. The summed E-state index contributed by atoms with van der Waals surface area (Å²) in [7, 11) is 0. The zero-order chi connectivity index (χ0) is 45.1. The van der Waals surface area contributed by atoms with Gasteiger partial charge in [-0.25, -0.2) is 37.5 Å². The van der Waals surface area contributed by atoms with Crippen LogP contribution in [0.2, 0.25) is 0 Å². The Morgan fingerprint density at radius 3 is 1.63 bits per heavy atom. The highest BCUT2D eigenvalue weighted by atomic mass is 35.5. The second-order valence-electron chi connectivity index (χ2n) is 17.5. The van der Waals surface area contributed by atoms with Crippen LogP contribution in [0.3, 0.4) is 0 Å². The van der Waals surface area contributed by atoms with E-state index in [1.54, 1.807) is 32.1 Å². The van der Waals surface area contributed by atoms with Crippen molar-refractivity contribution in [2.24, 2.45) is 33.8 Å². The third kappa shape index (κ3) is 9.06. The Morgan fingerprint density at radius 2 is 1.19 bits per heavy atom. The van der Waals surface area contributed by atoms with Gasteiger partial charge in [-0.2, -0.15) is 0 Å². The lowest BCUT2D eigenvalue weighted by Crippen LogP contribution is -2.47. The summed E-state index contributed by atoms with van der Waals surface area (Å²) in [5, 5.41) is -0.203. The maximum Gasteiger partial charge on any atom is 0.268 e. The van der Waals surface area contributed by atoms with Gasteiger partial charge in [-0.15, -0.1) is 23.2 Å². The number of carbonyl (C=O) groups is 2. The van der Waals surface area contributed by atoms with Crippen LogP contribution < -0.4 is 32.7 Å². The molecule has 4 atom stereocenters. The van der Waals surface area contributed by atoms with E-state index in [0.29, 0.717) is 120 Å². The molecule has 0 bridgehead atoms. The SMILES string of the molecule is Cc1nc(N2CCC3(CC2)CC(F)(F)C[C@H]3N)nc(C(N)=O)c1C1=C(Cl)C(Cl)=CCC1.Cc1nc(N2CCC3(CC2)CC(F)(F)C[C@H]3N)nc(C(N)=O)c1C1=CC=C[C@H](Cl)[C@@H]1Cl. The molecule has 2 spiro atoms. The highest BCUT2D eigenvalue weighted by Crippen LogP contribution is 2.54. The number of hydrogen-bond donors (Lipinski definition) is 4. The lowest BCUT2D eigenvalue weighted by molar-refractivity contribution is -0.00763. The number of primary amides is 2. The minimum Gasteiger partial charge on any atom is -0.364 e. The Balaban J connectivity index is 0.000000186. The number of alkyl halides is 6. The van der Waals surface area contributed by atoms with E-state index in [1.807, 2.05) is 15.9 Å². The number of halogens is 8. The molecular formula is C42H50Cl4F4N10O2. The minimum atomic E-state index is -2.71. The highest BCUT2D eigenvalue weighted by Gasteiger charge is 2.56. The van der Waals surface area contributed by atoms with E-state index < -0.39 is 57.3 Å². The third-order valence-electron chi connectivity index (χ3n) is 13.5. The van der Waals surface area contributed by atoms with Gasteiger partial charge in [-0.1, -0.05) is 47.5 Å². The van der Waals surface area contributed by atoms with Crippen molar-refractivity contribution in [2.75, 3.05) is 36.0 Å². The summed E-state index contributed by atoms with van der Waals surface area (Å²) in [4.78, 5) is 46.4.